The van der Waals surface area contributed by atoms with E-state index >= 15 is 0 Å². The monoisotopic (exact) mass is 576 g/mol. The van der Waals surface area contributed by atoms with Gasteiger partial charge in [0.15, 0.2) is 5.60 Å². The summed E-state index contributed by atoms with van der Waals surface area (Å²) in [5.74, 6) is -5.58. The molecular weight excluding hydrogens is 532 g/mol. The number of aliphatic hydroxyl groups is 1. The Morgan fingerprint density at radius 2 is 1.59 bits per heavy atom. The van der Waals surface area contributed by atoms with Crippen molar-refractivity contribution in [1.82, 2.24) is 0 Å². The van der Waals surface area contributed by atoms with Gasteiger partial charge in [0.25, 0.3) is 0 Å². The molecule has 0 aromatic carbocycles. The predicted octanol–water partition coefficient (Wildman–Crippen LogP) is 3.32. The molecule has 4 aliphatic carbocycles. The lowest BCUT2D eigenvalue weighted by Gasteiger charge is -2.54. The van der Waals surface area contributed by atoms with Crippen LogP contribution in [0, 0.1) is 40.4 Å². The third-order valence-corrected chi connectivity index (χ3v) is 10.6. The number of fused-ring (bicyclic) bond motifs is 4. The van der Waals surface area contributed by atoms with Crippen molar-refractivity contribution in [3.8, 4) is 0 Å². The van der Waals surface area contributed by atoms with Crippen molar-refractivity contribution in [3.63, 3.8) is 0 Å². The number of allylic oxidation sites excluding steroid dienone is 1. The first-order chi connectivity index (χ1) is 18.9. The van der Waals surface area contributed by atoms with Crippen molar-refractivity contribution in [2.24, 2.45) is 40.4 Å². The maximum absolute atomic E-state index is 14.7. The number of ketones is 1. The fourth-order valence-electron chi connectivity index (χ4n) is 8.85. The third-order valence-electron chi connectivity index (χ3n) is 10.6. The zero-order chi connectivity index (χ0) is 30.9. The Hall–Kier alpha value is -2.75. The number of ether oxygens (including phenoxy) is 4. The molecule has 0 bridgehead atoms. The van der Waals surface area contributed by atoms with Crippen LogP contribution in [0.4, 0.5) is 0 Å². The van der Waals surface area contributed by atoms with Crippen LogP contribution < -0.4 is 0 Å². The summed E-state index contributed by atoms with van der Waals surface area (Å²) in [4.78, 5) is 65.9. The fraction of sp³-hybridized carbons (Fsp3) is 0.774. The molecule has 10 heteroatoms. The van der Waals surface area contributed by atoms with E-state index in [0.717, 1.165) is 0 Å². The largest absolute Gasteiger partial charge is 0.465 e. The van der Waals surface area contributed by atoms with E-state index in [4.69, 9.17) is 18.9 Å². The number of hydrogen-bond donors (Lipinski definition) is 1. The van der Waals surface area contributed by atoms with E-state index in [1.807, 2.05) is 20.8 Å². The molecule has 1 N–H and O–H groups in total. The van der Waals surface area contributed by atoms with Gasteiger partial charge in [-0.15, -0.1) is 0 Å². The highest BCUT2D eigenvalue weighted by molar-refractivity contribution is 5.98. The first-order valence-corrected chi connectivity index (χ1v) is 14.5. The van der Waals surface area contributed by atoms with Crippen molar-refractivity contribution in [1.29, 1.82) is 0 Å². The topological polar surface area (TPSA) is 143 Å². The summed E-state index contributed by atoms with van der Waals surface area (Å²) in [5.41, 5.74) is -5.52. The zero-order valence-electron chi connectivity index (χ0n) is 25.6. The van der Waals surface area contributed by atoms with Gasteiger partial charge in [-0.3, -0.25) is 19.2 Å². The Balaban J connectivity index is 2.12. The standard InChI is InChI=1S/C31H44O10/c1-10-16(3)26(35)40-25-21-11-15(2)13-31(21,37)27(36)29(9,41-19(6)34)24-23-20(28(23,7)8)12-22(39-18(5)33)30(24,25)14-38-17(4)32/h10,15,20-25,37H,11-14H2,1-9H3/b16-10+/t15-,20+,21-,22-,23-,24+,25-,29+,30-,31-/m1/s1. The average molecular weight is 577 g/mol. The molecule has 41 heavy (non-hydrogen) atoms. The first kappa shape index (κ1) is 31.2. The maximum atomic E-state index is 14.7. The zero-order valence-corrected chi connectivity index (χ0v) is 25.6. The van der Waals surface area contributed by atoms with Crippen LogP contribution in [-0.2, 0) is 42.9 Å². The molecule has 4 saturated carbocycles. The number of Topliss-reactive ketones (excluding diaryl/α,β-unsaturated/α-hetero) is 1. The lowest BCUT2D eigenvalue weighted by molar-refractivity contribution is -0.233. The molecule has 4 rings (SSSR count). The second-order valence-electron chi connectivity index (χ2n) is 13.6. The number of rotatable bonds is 6. The Kier molecular flexibility index (Phi) is 7.77. The molecule has 0 spiro atoms. The number of hydrogen-bond acceptors (Lipinski definition) is 10. The molecule has 10 nitrogen and oxygen atoms in total. The van der Waals surface area contributed by atoms with Gasteiger partial charge in [0, 0.05) is 38.2 Å². The van der Waals surface area contributed by atoms with Gasteiger partial charge in [0.05, 0.1) is 5.41 Å². The van der Waals surface area contributed by atoms with Crippen LogP contribution in [0.5, 0.6) is 0 Å². The average Bonchev–Trinajstić information content (AvgIpc) is 3.25. The Morgan fingerprint density at radius 1 is 0.951 bits per heavy atom. The van der Waals surface area contributed by atoms with Gasteiger partial charge in [-0.25, -0.2) is 4.79 Å². The predicted molar refractivity (Wildman–Crippen MR) is 145 cm³/mol. The minimum absolute atomic E-state index is 0.0369. The van der Waals surface area contributed by atoms with Gasteiger partial charge >= 0.3 is 23.9 Å². The minimum atomic E-state index is -2.02. The van der Waals surface area contributed by atoms with Gasteiger partial charge in [0.1, 0.15) is 24.4 Å². The van der Waals surface area contributed by atoms with Gasteiger partial charge in [-0.05, 0) is 63.2 Å². The third kappa shape index (κ3) is 4.70. The molecule has 0 aliphatic heterocycles. The van der Waals surface area contributed by atoms with Crippen molar-refractivity contribution in [2.75, 3.05) is 6.61 Å². The maximum Gasteiger partial charge on any atom is 0.333 e. The van der Waals surface area contributed by atoms with Crippen LogP contribution in [0.2, 0.25) is 0 Å². The van der Waals surface area contributed by atoms with E-state index in [2.05, 4.69) is 0 Å². The van der Waals surface area contributed by atoms with Crippen LogP contribution >= 0.6 is 0 Å². The molecule has 4 fully saturated rings. The van der Waals surface area contributed by atoms with Crippen LogP contribution in [-0.4, -0.2) is 64.8 Å². The highest BCUT2D eigenvalue weighted by Crippen LogP contribution is 2.76. The summed E-state index contributed by atoms with van der Waals surface area (Å²) in [5, 5.41) is 12.3. The molecule has 228 valence electrons. The van der Waals surface area contributed by atoms with Gasteiger partial charge in [-0.1, -0.05) is 26.8 Å². The highest BCUT2D eigenvalue weighted by Gasteiger charge is 2.82. The van der Waals surface area contributed by atoms with Gasteiger partial charge < -0.3 is 24.1 Å². The summed E-state index contributed by atoms with van der Waals surface area (Å²) >= 11 is 0. The molecule has 0 aromatic rings. The fourth-order valence-corrected chi connectivity index (χ4v) is 8.85. The number of esters is 4. The van der Waals surface area contributed by atoms with Crippen molar-refractivity contribution in [3.05, 3.63) is 11.6 Å². The molecule has 4 aliphatic rings. The number of carbonyl (C=O) groups excluding carboxylic acids is 5. The molecule has 0 aromatic heterocycles. The first-order valence-electron chi connectivity index (χ1n) is 14.5. The second-order valence-corrected chi connectivity index (χ2v) is 13.6. The van der Waals surface area contributed by atoms with Crippen molar-refractivity contribution >= 4 is 29.7 Å². The van der Waals surface area contributed by atoms with Crippen LogP contribution in [0.25, 0.3) is 0 Å². The summed E-state index contributed by atoms with van der Waals surface area (Å²) in [6.45, 7) is 14.1. The Labute approximate surface area is 241 Å². The van der Waals surface area contributed by atoms with E-state index in [0.29, 0.717) is 18.4 Å². The quantitative estimate of drug-likeness (QED) is 0.284. The highest BCUT2D eigenvalue weighted by atomic mass is 16.6. The minimum Gasteiger partial charge on any atom is -0.465 e. The van der Waals surface area contributed by atoms with Crippen LogP contribution in [0.15, 0.2) is 11.6 Å². The van der Waals surface area contributed by atoms with Crippen LogP contribution in [0.1, 0.15) is 81.6 Å². The lowest BCUT2D eigenvalue weighted by Crippen LogP contribution is -2.66. The number of carbonyl (C=O) groups is 5. The van der Waals surface area contributed by atoms with E-state index in [-0.39, 0.29) is 36.2 Å². The summed E-state index contributed by atoms with van der Waals surface area (Å²) < 4.78 is 24.0. The van der Waals surface area contributed by atoms with Gasteiger partial charge in [-0.2, -0.15) is 0 Å². The molecule has 0 radical (unpaired) electrons. The Morgan fingerprint density at radius 3 is 2.12 bits per heavy atom. The summed E-state index contributed by atoms with van der Waals surface area (Å²) in [6, 6.07) is 0. The smallest absolute Gasteiger partial charge is 0.333 e. The molecule has 0 amide bonds. The molecule has 0 unspecified atom stereocenters. The molecule has 10 atom stereocenters. The summed E-state index contributed by atoms with van der Waals surface area (Å²) in [6.07, 6.45) is 0.137. The molecule has 0 saturated heterocycles. The second kappa shape index (κ2) is 10.2. The van der Waals surface area contributed by atoms with Crippen molar-refractivity contribution < 1.29 is 48.0 Å². The van der Waals surface area contributed by atoms with Crippen LogP contribution in [0.3, 0.4) is 0 Å². The van der Waals surface area contributed by atoms with Crippen molar-refractivity contribution in [2.45, 2.75) is 105 Å². The molecular formula is C31H44O10. The lowest BCUT2D eigenvalue weighted by atomic mass is 9.55. The molecule has 0 heterocycles. The van der Waals surface area contributed by atoms with E-state index < -0.39 is 70.3 Å². The normalized spacial score (nSPS) is 42.5. The Bertz CT molecular complexity index is 1190. The SMILES string of the molecule is C/C=C(\C)C(=O)O[C@@H]1[C@H]2C[C@@H](C)C[C@]2(O)C(=O)[C@@](C)(OC(C)=O)[C@@H]2[C@H]3[C@H](C[C@@H](OC(C)=O)[C@@]12COC(C)=O)C3(C)C. The summed E-state index contributed by atoms with van der Waals surface area (Å²) in [7, 11) is 0. The van der Waals surface area contributed by atoms with E-state index in [1.165, 1.54) is 27.7 Å². The van der Waals surface area contributed by atoms with E-state index in [1.54, 1.807) is 19.9 Å². The van der Waals surface area contributed by atoms with Gasteiger partial charge in [0.2, 0.25) is 5.78 Å². The van der Waals surface area contributed by atoms with E-state index in [9.17, 15) is 29.1 Å².